The molecule has 166 valence electrons. The third-order valence-corrected chi connectivity index (χ3v) is 7.10. The third kappa shape index (κ3) is 5.52. The zero-order valence-electron chi connectivity index (χ0n) is 18.0. The number of fused-ring (bicyclic) bond motifs is 1. The lowest BCUT2D eigenvalue weighted by Gasteiger charge is -2.37. The van der Waals surface area contributed by atoms with Gasteiger partial charge in [-0.25, -0.2) is 8.42 Å². The van der Waals surface area contributed by atoms with Gasteiger partial charge in [-0.1, -0.05) is 18.8 Å². The number of aliphatic hydroxyl groups excluding tert-OH is 2. The minimum atomic E-state index is -3.93. The van der Waals surface area contributed by atoms with Gasteiger partial charge < -0.3 is 19.8 Å². The summed E-state index contributed by atoms with van der Waals surface area (Å²) in [5, 5.41) is 19.0. The lowest BCUT2D eigenvalue weighted by atomic mass is 10.0. The Labute approximate surface area is 178 Å². The number of amides is 1. The van der Waals surface area contributed by atoms with Crippen LogP contribution in [0.2, 0.25) is 0 Å². The van der Waals surface area contributed by atoms with Crippen LogP contribution in [0.25, 0.3) is 0 Å². The number of benzene rings is 1. The Bertz CT molecular complexity index is 935. The molecule has 9 heteroatoms. The molecule has 0 aromatic heterocycles. The van der Waals surface area contributed by atoms with E-state index in [9.17, 15) is 23.4 Å². The first-order valence-corrected chi connectivity index (χ1v) is 11.3. The van der Waals surface area contributed by atoms with Crippen LogP contribution >= 0.6 is 0 Å². The number of aliphatic hydroxyl groups is 2. The summed E-state index contributed by atoms with van der Waals surface area (Å²) in [5.41, 5.74) is 0.499. The van der Waals surface area contributed by atoms with Crippen LogP contribution in [-0.4, -0.2) is 78.7 Å². The maximum absolute atomic E-state index is 13.3. The molecule has 1 aromatic carbocycles. The van der Waals surface area contributed by atoms with E-state index in [0.29, 0.717) is 5.56 Å². The number of ether oxygens (including phenoxy) is 1. The summed E-state index contributed by atoms with van der Waals surface area (Å²) in [4.78, 5) is 13.2. The quantitative estimate of drug-likeness (QED) is 0.669. The number of hydrogen-bond donors (Lipinski definition) is 2. The Balaban J connectivity index is 2.60. The van der Waals surface area contributed by atoms with Crippen LogP contribution in [0.4, 0.5) is 0 Å². The minimum Gasteiger partial charge on any atom is -0.487 e. The fourth-order valence-corrected chi connectivity index (χ4v) is 4.93. The molecule has 8 nitrogen and oxygen atoms in total. The highest BCUT2D eigenvalue weighted by atomic mass is 32.2. The molecule has 2 rings (SSSR count). The van der Waals surface area contributed by atoms with E-state index in [0.717, 1.165) is 0 Å². The highest BCUT2D eigenvalue weighted by Gasteiger charge is 2.38. The van der Waals surface area contributed by atoms with Crippen molar-refractivity contribution in [1.29, 1.82) is 0 Å². The van der Waals surface area contributed by atoms with E-state index in [4.69, 9.17) is 4.74 Å². The number of carbonyl (C=O) groups is 1. The zero-order valence-corrected chi connectivity index (χ0v) is 18.8. The molecule has 0 spiro atoms. The van der Waals surface area contributed by atoms with Gasteiger partial charge in [0.2, 0.25) is 15.9 Å². The fourth-order valence-electron chi connectivity index (χ4n) is 3.11. The molecule has 0 aliphatic carbocycles. The van der Waals surface area contributed by atoms with Crippen LogP contribution in [0.15, 0.2) is 23.1 Å². The van der Waals surface area contributed by atoms with Crippen molar-refractivity contribution in [3.63, 3.8) is 0 Å². The minimum absolute atomic E-state index is 0.0206. The molecule has 0 fully saturated rings. The van der Waals surface area contributed by atoms with Crippen LogP contribution < -0.4 is 4.74 Å². The van der Waals surface area contributed by atoms with Gasteiger partial charge >= 0.3 is 0 Å². The van der Waals surface area contributed by atoms with E-state index < -0.39 is 28.3 Å². The summed E-state index contributed by atoms with van der Waals surface area (Å²) in [6.07, 6.45) is -1.30. The van der Waals surface area contributed by atoms with Crippen molar-refractivity contribution in [2.24, 2.45) is 5.92 Å². The SMILES string of the molecule is CC(=O)N(C)C[C@H]1Oc2cc(C#C[C@H](C)O)ccc2S(=O)(=O)N([C@@H](C)CO)C[C@@H]1C. The molecular formula is C21H30N2O6S. The smallest absolute Gasteiger partial charge is 0.247 e. The van der Waals surface area contributed by atoms with Crippen LogP contribution in [0.3, 0.4) is 0 Å². The largest absolute Gasteiger partial charge is 0.487 e. The summed E-state index contributed by atoms with van der Waals surface area (Å²) in [6, 6.07) is 3.89. The molecule has 30 heavy (non-hydrogen) atoms. The Morgan fingerprint density at radius 3 is 2.63 bits per heavy atom. The van der Waals surface area contributed by atoms with E-state index in [1.54, 1.807) is 20.0 Å². The van der Waals surface area contributed by atoms with Crippen molar-refractivity contribution in [2.75, 3.05) is 26.7 Å². The van der Waals surface area contributed by atoms with Crippen molar-refractivity contribution in [2.45, 2.75) is 50.8 Å². The van der Waals surface area contributed by atoms with E-state index >= 15 is 0 Å². The predicted molar refractivity (Wildman–Crippen MR) is 112 cm³/mol. The second kappa shape index (κ2) is 9.79. The summed E-state index contributed by atoms with van der Waals surface area (Å²) in [5.74, 6) is 5.17. The average molecular weight is 439 g/mol. The Morgan fingerprint density at radius 1 is 1.40 bits per heavy atom. The van der Waals surface area contributed by atoms with Crippen LogP contribution in [0.5, 0.6) is 5.75 Å². The molecule has 0 saturated heterocycles. The molecule has 0 unspecified atom stereocenters. The molecule has 1 aliphatic heterocycles. The van der Waals surface area contributed by atoms with E-state index in [-0.39, 0.29) is 42.2 Å². The highest BCUT2D eigenvalue weighted by molar-refractivity contribution is 7.89. The fraction of sp³-hybridized carbons (Fsp3) is 0.571. The maximum atomic E-state index is 13.3. The first-order valence-electron chi connectivity index (χ1n) is 9.82. The van der Waals surface area contributed by atoms with Gasteiger partial charge in [0.05, 0.1) is 13.2 Å². The van der Waals surface area contributed by atoms with Crippen molar-refractivity contribution in [3.05, 3.63) is 23.8 Å². The van der Waals surface area contributed by atoms with Gasteiger partial charge in [-0.05, 0) is 32.0 Å². The van der Waals surface area contributed by atoms with Gasteiger partial charge in [-0.15, -0.1) is 0 Å². The third-order valence-electron chi connectivity index (χ3n) is 5.08. The first kappa shape index (κ1) is 24.2. The van der Waals surface area contributed by atoms with Gasteiger partial charge in [-0.3, -0.25) is 4.79 Å². The van der Waals surface area contributed by atoms with Gasteiger partial charge in [0.15, 0.2) is 0 Å². The van der Waals surface area contributed by atoms with E-state index in [1.165, 1.54) is 35.2 Å². The van der Waals surface area contributed by atoms with Crippen LogP contribution in [0, 0.1) is 17.8 Å². The van der Waals surface area contributed by atoms with Crippen molar-refractivity contribution in [1.82, 2.24) is 9.21 Å². The molecule has 1 heterocycles. The molecular weight excluding hydrogens is 408 g/mol. The van der Waals surface area contributed by atoms with Crippen molar-refractivity contribution >= 4 is 15.9 Å². The summed E-state index contributed by atoms with van der Waals surface area (Å²) in [7, 11) is -2.27. The van der Waals surface area contributed by atoms with Gasteiger partial charge in [0.25, 0.3) is 0 Å². The zero-order chi connectivity index (χ0) is 22.6. The standard InChI is InChI=1S/C21H30N2O6S/c1-14-11-23(15(2)13-24)30(27,28)21-9-8-18(7-6-16(3)25)10-19(21)29-20(14)12-22(5)17(4)26/h8-10,14-16,20,24-25H,11-13H2,1-5H3/t14-,15-,16-,20+/m0/s1. The van der Waals surface area contributed by atoms with Crippen molar-refractivity contribution < 1.29 is 28.2 Å². The summed E-state index contributed by atoms with van der Waals surface area (Å²) in [6.45, 7) is 6.59. The topological polar surface area (TPSA) is 107 Å². The molecule has 1 amide bonds. The van der Waals surface area contributed by atoms with Crippen LogP contribution in [-0.2, 0) is 14.8 Å². The van der Waals surface area contributed by atoms with E-state index in [1.807, 2.05) is 6.92 Å². The van der Waals surface area contributed by atoms with Gasteiger partial charge in [0.1, 0.15) is 22.9 Å². The lowest BCUT2D eigenvalue weighted by Crippen LogP contribution is -2.50. The monoisotopic (exact) mass is 438 g/mol. The second-order valence-electron chi connectivity index (χ2n) is 7.75. The van der Waals surface area contributed by atoms with Gasteiger partial charge in [0, 0.05) is 38.0 Å². The van der Waals surface area contributed by atoms with Crippen LogP contribution in [0.1, 0.15) is 33.3 Å². The molecule has 0 saturated carbocycles. The number of sulfonamides is 1. The number of rotatable bonds is 4. The number of carbonyl (C=O) groups excluding carboxylic acids is 1. The molecule has 1 aromatic rings. The number of hydrogen-bond acceptors (Lipinski definition) is 6. The summed E-state index contributed by atoms with van der Waals surface area (Å²) >= 11 is 0. The summed E-state index contributed by atoms with van der Waals surface area (Å²) < 4.78 is 34.1. The molecule has 4 atom stereocenters. The maximum Gasteiger partial charge on any atom is 0.247 e. The first-order chi connectivity index (χ1) is 14.0. The highest BCUT2D eigenvalue weighted by Crippen LogP contribution is 2.34. The van der Waals surface area contributed by atoms with Crippen molar-refractivity contribution in [3.8, 4) is 17.6 Å². The Hall–Kier alpha value is -2.12. The predicted octanol–water partition coefficient (Wildman–Crippen LogP) is 0.666. The molecule has 2 N–H and O–H groups in total. The lowest BCUT2D eigenvalue weighted by molar-refractivity contribution is -0.129. The number of likely N-dealkylation sites (N-methyl/N-ethyl adjacent to an activating group) is 1. The Morgan fingerprint density at radius 2 is 2.07 bits per heavy atom. The molecule has 0 bridgehead atoms. The molecule has 0 radical (unpaired) electrons. The Kier molecular flexibility index (Phi) is 7.88. The number of nitrogens with zero attached hydrogens (tertiary/aromatic N) is 2. The normalized spacial score (nSPS) is 22.9. The van der Waals surface area contributed by atoms with E-state index in [2.05, 4.69) is 11.8 Å². The molecule has 1 aliphatic rings. The second-order valence-corrected chi connectivity index (χ2v) is 9.61. The van der Waals surface area contributed by atoms with Gasteiger partial charge in [-0.2, -0.15) is 4.31 Å². The average Bonchev–Trinajstić information content (AvgIpc) is 2.68.